The van der Waals surface area contributed by atoms with Gasteiger partial charge in [-0.2, -0.15) is 0 Å². The van der Waals surface area contributed by atoms with E-state index in [9.17, 15) is 4.79 Å². The summed E-state index contributed by atoms with van der Waals surface area (Å²) in [5.74, 6) is 1.41. The molecule has 0 radical (unpaired) electrons. The van der Waals surface area contributed by atoms with Crippen molar-refractivity contribution in [2.75, 3.05) is 0 Å². The van der Waals surface area contributed by atoms with Gasteiger partial charge in [-0.3, -0.25) is 0 Å². The first kappa shape index (κ1) is 13.5. The van der Waals surface area contributed by atoms with Crippen LogP contribution in [-0.2, 0) is 6.54 Å². The van der Waals surface area contributed by atoms with Gasteiger partial charge in [-0.25, -0.2) is 4.79 Å². The molecule has 0 heterocycles. The Kier molecular flexibility index (Phi) is 4.05. The third kappa shape index (κ3) is 4.24. The molecule has 2 aromatic carbocycles. The monoisotopic (exact) mass is 283 g/mol. The molecule has 108 valence electrons. The van der Waals surface area contributed by atoms with Crippen molar-refractivity contribution in [3.8, 4) is 11.5 Å². The van der Waals surface area contributed by atoms with Gasteiger partial charge < -0.3 is 14.8 Å². The van der Waals surface area contributed by atoms with E-state index in [1.165, 1.54) is 0 Å². The van der Waals surface area contributed by atoms with Crippen LogP contribution in [0.4, 0.5) is 4.79 Å². The van der Waals surface area contributed by atoms with Crippen LogP contribution in [-0.4, -0.2) is 12.2 Å². The van der Waals surface area contributed by atoms with Crippen molar-refractivity contribution in [2.45, 2.75) is 25.5 Å². The van der Waals surface area contributed by atoms with Crippen molar-refractivity contribution < 1.29 is 14.3 Å². The molecule has 0 atom stereocenters. The first-order valence-corrected chi connectivity index (χ1v) is 7.06. The molecule has 4 nitrogen and oxygen atoms in total. The van der Waals surface area contributed by atoms with Gasteiger partial charge in [-0.1, -0.05) is 30.3 Å². The maximum Gasteiger partial charge on any atom is 0.412 e. The van der Waals surface area contributed by atoms with Gasteiger partial charge in [0.2, 0.25) is 0 Å². The van der Waals surface area contributed by atoms with Crippen molar-refractivity contribution >= 4 is 6.09 Å². The lowest BCUT2D eigenvalue weighted by Crippen LogP contribution is -2.26. The molecular formula is C17H17NO3. The Morgan fingerprint density at radius 1 is 1.00 bits per heavy atom. The van der Waals surface area contributed by atoms with Crippen LogP contribution < -0.4 is 14.8 Å². The van der Waals surface area contributed by atoms with Crippen molar-refractivity contribution in [3.63, 3.8) is 0 Å². The number of carbonyl (C=O) groups excluding carboxylic acids is 1. The van der Waals surface area contributed by atoms with Crippen LogP contribution in [0.2, 0.25) is 0 Å². The van der Waals surface area contributed by atoms with E-state index in [4.69, 9.17) is 9.47 Å². The third-order valence-corrected chi connectivity index (χ3v) is 3.14. The minimum Gasteiger partial charge on any atom is -0.490 e. The fourth-order valence-corrected chi connectivity index (χ4v) is 1.87. The van der Waals surface area contributed by atoms with Gasteiger partial charge in [-0.15, -0.1) is 0 Å². The zero-order valence-corrected chi connectivity index (χ0v) is 11.6. The number of rotatable bonds is 5. The Bertz CT molecular complexity index is 591. The Hall–Kier alpha value is -2.49. The summed E-state index contributed by atoms with van der Waals surface area (Å²) in [6, 6.07) is 16.7. The summed E-state index contributed by atoms with van der Waals surface area (Å²) in [6.07, 6.45) is 2.23. The standard InChI is InChI=1S/C17H17NO3/c19-17(21-14-4-2-1-3-5-14)18-12-13-6-8-15(9-7-13)20-16-10-11-16/h1-9,16H,10-12H2,(H,18,19). The molecule has 0 unspecified atom stereocenters. The lowest BCUT2D eigenvalue weighted by Gasteiger charge is -2.08. The van der Waals surface area contributed by atoms with E-state index in [1.807, 2.05) is 42.5 Å². The molecule has 0 aromatic heterocycles. The molecule has 2 aromatic rings. The van der Waals surface area contributed by atoms with Crippen LogP contribution >= 0.6 is 0 Å². The molecule has 0 saturated heterocycles. The number of carbonyl (C=O) groups is 1. The van der Waals surface area contributed by atoms with Crippen LogP contribution in [0, 0.1) is 0 Å². The van der Waals surface area contributed by atoms with E-state index in [0.717, 1.165) is 24.2 Å². The summed E-state index contributed by atoms with van der Waals surface area (Å²) < 4.78 is 10.8. The number of ether oxygens (including phenoxy) is 2. The van der Waals surface area contributed by atoms with Gasteiger partial charge >= 0.3 is 6.09 Å². The van der Waals surface area contributed by atoms with Gasteiger partial charge in [0.05, 0.1) is 6.10 Å². The van der Waals surface area contributed by atoms with E-state index in [-0.39, 0.29) is 0 Å². The van der Waals surface area contributed by atoms with E-state index in [0.29, 0.717) is 18.4 Å². The Morgan fingerprint density at radius 3 is 2.38 bits per heavy atom. The average Bonchev–Trinajstić information content (AvgIpc) is 3.32. The van der Waals surface area contributed by atoms with Crippen LogP contribution in [0.25, 0.3) is 0 Å². The second-order valence-corrected chi connectivity index (χ2v) is 5.02. The molecule has 1 saturated carbocycles. The van der Waals surface area contributed by atoms with Crippen molar-refractivity contribution in [3.05, 3.63) is 60.2 Å². The predicted molar refractivity (Wildman–Crippen MR) is 79.4 cm³/mol. The normalized spacial score (nSPS) is 13.5. The average molecular weight is 283 g/mol. The van der Waals surface area contributed by atoms with E-state index < -0.39 is 6.09 Å². The Morgan fingerprint density at radius 2 is 1.71 bits per heavy atom. The zero-order chi connectivity index (χ0) is 14.5. The number of para-hydroxylation sites is 1. The maximum absolute atomic E-state index is 11.6. The highest BCUT2D eigenvalue weighted by molar-refractivity contribution is 5.70. The van der Waals surface area contributed by atoms with Crippen molar-refractivity contribution in [2.24, 2.45) is 0 Å². The summed E-state index contributed by atoms with van der Waals surface area (Å²) in [5, 5.41) is 2.72. The second-order valence-electron chi connectivity index (χ2n) is 5.02. The Balaban J connectivity index is 1.46. The number of benzene rings is 2. The van der Waals surface area contributed by atoms with E-state index >= 15 is 0 Å². The quantitative estimate of drug-likeness (QED) is 0.913. The molecule has 1 N–H and O–H groups in total. The molecule has 4 heteroatoms. The molecule has 0 spiro atoms. The molecule has 1 amide bonds. The molecule has 0 bridgehead atoms. The van der Waals surface area contributed by atoms with Crippen molar-refractivity contribution in [1.82, 2.24) is 5.32 Å². The summed E-state index contributed by atoms with van der Waals surface area (Å²) in [7, 11) is 0. The molecule has 3 rings (SSSR count). The largest absolute Gasteiger partial charge is 0.490 e. The summed E-state index contributed by atoms with van der Waals surface area (Å²) in [4.78, 5) is 11.6. The molecule has 1 aliphatic carbocycles. The lowest BCUT2D eigenvalue weighted by atomic mass is 10.2. The van der Waals surface area contributed by atoms with Gasteiger partial charge in [0.25, 0.3) is 0 Å². The Labute approximate surface area is 123 Å². The zero-order valence-electron chi connectivity index (χ0n) is 11.6. The first-order valence-electron chi connectivity index (χ1n) is 7.06. The first-order chi connectivity index (χ1) is 10.3. The third-order valence-electron chi connectivity index (χ3n) is 3.14. The van der Waals surface area contributed by atoms with Crippen LogP contribution in [0.1, 0.15) is 18.4 Å². The van der Waals surface area contributed by atoms with E-state index in [2.05, 4.69) is 5.32 Å². The van der Waals surface area contributed by atoms with Gasteiger partial charge in [0.15, 0.2) is 0 Å². The molecule has 1 fully saturated rings. The smallest absolute Gasteiger partial charge is 0.412 e. The highest BCUT2D eigenvalue weighted by Crippen LogP contribution is 2.26. The molecule has 1 aliphatic rings. The number of hydrogen-bond acceptors (Lipinski definition) is 3. The van der Waals surface area contributed by atoms with Gasteiger partial charge in [0.1, 0.15) is 11.5 Å². The second kappa shape index (κ2) is 6.31. The van der Waals surface area contributed by atoms with E-state index in [1.54, 1.807) is 12.1 Å². The predicted octanol–water partition coefficient (Wildman–Crippen LogP) is 3.52. The number of hydrogen-bond donors (Lipinski definition) is 1. The number of nitrogens with one attached hydrogen (secondary N) is 1. The topological polar surface area (TPSA) is 47.6 Å². The highest BCUT2D eigenvalue weighted by Gasteiger charge is 2.23. The highest BCUT2D eigenvalue weighted by atomic mass is 16.6. The molecular weight excluding hydrogens is 266 g/mol. The number of amides is 1. The maximum atomic E-state index is 11.6. The summed E-state index contributed by atoms with van der Waals surface area (Å²) in [6.45, 7) is 0.426. The SMILES string of the molecule is O=C(NCc1ccc(OC2CC2)cc1)Oc1ccccc1. The van der Waals surface area contributed by atoms with Gasteiger partial charge in [-0.05, 0) is 42.7 Å². The molecule has 21 heavy (non-hydrogen) atoms. The fourth-order valence-electron chi connectivity index (χ4n) is 1.87. The minimum absolute atomic E-state index is 0.398. The van der Waals surface area contributed by atoms with Crippen LogP contribution in [0.3, 0.4) is 0 Å². The van der Waals surface area contributed by atoms with Crippen LogP contribution in [0.5, 0.6) is 11.5 Å². The fraction of sp³-hybridized carbons (Fsp3) is 0.235. The van der Waals surface area contributed by atoms with Crippen LogP contribution in [0.15, 0.2) is 54.6 Å². The minimum atomic E-state index is -0.459. The van der Waals surface area contributed by atoms with Crippen molar-refractivity contribution in [1.29, 1.82) is 0 Å². The van der Waals surface area contributed by atoms with Gasteiger partial charge in [0, 0.05) is 6.54 Å². The summed E-state index contributed by atoms with van der Waals surface area (Å²) in [5.41, 5.74) is 1.00. The lowest BCUT2D eigenvalue weighted by molar-refractivity contribution is 0.200. The molecule has 0 aliphatic heterocycles. The summed E-state index contributed by atoms with van der Waals surface area (Å²) >= 11 is 0.